The summed E-state index contributed by atoms with van der Waals surface area (Å²) in [5.74, 6) is 1.44. The van der Waals surface area contributed by atoms with Crippen LogP contribution in [0.1, 0.15) is 74.5 Å². The smallest absolute Gasteiger partial charge is 0.0583 e. The average Bonchev–Trinajstić information content (AvgIpc) is 3.71. The minimum absolute atomic E-state index is 0.378. The second kappa shape index (κ2) is 12.5. The molecule has 0 fully saturated rings. The van der Waals surface area contributed by atoms with Crippen molar-refractivity contribution < 1.29 is 0 Å². The first-order valence-corrected chi connectivity index (χ1v) is 19.2. The Bertz CT molecular complexity index is 2250. The molecule has 6 aliphatic carbocycles. The Morgan fingerprint density at radius 2 is 1.60 bits per heavy atom. The van der Waals surface area contributed by atoms with Gasteiger partial charge in [0.25, 0.3) is 0 Å². The van der Waals surface area contributed by atoms with Crippen LogP contribution in [0.2, 0.25) is 0 Å². The molecule has 5 unspecified atom stereocenters. The lowest BCUT2D eigenvalue weighted by molar-refractivity contribution is 0.243. The molecule has 0 saturated carbocycles. The molecule has 0 amide bonds. The normalized spacial score (nSPS) is 29.3. The lowest BCUT2D eigenvalue weighted by atomic mass is 9.84. The van der Waals surface area contributed by atoms with Gasteiger partial charge >= 0.3 is 0 Å². The predicted octanol–water partition coefficient (Wildman–Crippen LogP) is 9.92. The largest absolute Gasteiger partial charge is 0.360 e. The minimum atomic E-state index is 0.378. The van der Waals surface area contributed by atoms with Crippen LogP contribution >= 0.6 is 0 Å². The SMILES string of the molecule is C1=CCC(n2c3c(c4ccccc42)=CC(c2ccc(C4=CC5=C(CC4)N(C4C=CC(C6C=CCCC6)=CC4)C4C=CC=C[C@H]54)cc2)CC=3)C=C1. The van der Waals surface area contributed by atoms with Crippen molar-refractivity contribution >= 4 is 28.6 Å². The van der Waals surface area contributed by atoms with Crippen molar-refractivity contribution in [3.63, 3.8) is 0 Å². The van der Waals surface area contributed by atoms with E-state index >= 15 is 0 Å². The summed E-state index contributed by atoms with van der Waals surface area (Å²) in [7, 11) is 0. The minimum Gasteiger partial charge on any atom is -0.360 e. The van der Waals surface area contributed by atoms with Crippen LogP contribution in [0.15, 0.2) is 150 Å². The molecule has 2 aromatic carbocycles. The third kappa shape index (κ3) is 5.06. The number of para-hydroxylation sites is 1. The Kier molecular flexibility index (Phi) is 7.51. The van der Waals surface area contributed by atoms with E-state index in [4.69, 9.17) is 0 Å². The summed E-state index contributed by atoms with van der Waals surface area (Å²) in [5, 5.41) is 4.16. The molecule has 2 nitrogen and oxygen atoms in total. The molecule has 7 aliphatic rings. The quantitative estimate of drug-likeness (QED) is 0.250. The van der Waals surface area contributed by atoms with E-state index in [-0.39, 0.29) is 0 Å². The van der Waals surface area contributed by atoms with Gasteiger partial charge in [0.05, 0.1) is 18.1 Å². The lowest BCUT2D eigenvalue weighted by Gasteiger charge is -2.38. The third-order valence-electron chi connectivity index (χ3n) is 12.5. The fraction of sp³-hybridized carbons (Fsp3) is 0.292. The van der Waals surface area contributed by atoms with Crippen molar-refractivity contribution in [2.75, 3.05) is 0 Å². The van der Waals surface area contributed by atoms with Gasteiger partial charge in [0.2, 0.25) is 0 Å². The van der Waals surface area contributed by atoms with Gasteiger partial charge in [-0.15, -0.1) is 0 Å². The Hall–Kier alpha value is -4.82. The van der Waals surface area contributed by atoms with E-state index in [1.807, 2.05) is 0 Å². The van der Waals surface area contributed by atoms with Crippen molar-refractivity contribution in [1.82, 2.24) is 9.47 Å². The van der Waals surface area contributed by atoms with E-state index in [1.54, 1.807) is 11.3 Å². The van der Waals surface area contributed by atoms with Crippen LogP contribution < -0.4 is 10.6 Å². The fourth-order valence-electron chi connectivity index (χ4n) is 9.98. The maximum absolute atomic E-state index is 2.78. The molecule has 50 heavy (non-hydrogen) atoms. The Balaban J connectivity index is 0.922. The van der Waals surface area contributed by atoms with Crippen LogP contribution in [0.3, 0.4) is 0 Å². The second-order valence-electron chi connectivity index (χ2n) is 15.2. The number of hydrogen-bond donors (Lipinski definition) is 0. The number of allylic oxidation sites excluding steroid dienone is 13. The van der Waals surface area contributed by atoms with Gasteiger partial charge < -0.3 is 9.47 Å². The van der Waals surface area contributed by atoms with Crippen LogP contribution in [0.4, 0.5) is 0 Å². The molecule has 1 aliphatic heterocycles. The van der Waals surface area contributed by atoms with Gasteiger partial charge in [0.1, 0.15) is 0 Å². The lowest BCUT2D eigenvalue weighted by Crippen LogP contribution is -2.40. The predicted molar refractivity (Wildman–Crippen MR) is 210 cm³/mol. The van der Waals surface area contributed by atoms with Gasteiger partial charge in [-0.2, -0.15) is 0 Å². The Morgan fingerprint density at radius 3 is 2.44 bits per heavy atom. The highest BCUT2D eigenvalue weighted by atomic mass is 15.2. The Labute approximate surface area is 296 Å². The van der Waals surface area contributed by atoms with Gasteiger partial charge in [0.15, 0.2) is 0 Å². The monoisotopic (exact) mass is 650 g/mol. The molecule has 0 radical (unpaired) electrons. The van der Waals surface area contributed by atoms with Gasteiger partial charge in [-0.1, -0.05) is 140 Å². The standard InChI is InChI=1S/C48H46N2/c1-3-11-33(12-4-1)34-23-27-40(28-24-34)50-46-18-10-8-16-42(46)44-32-38(26-30-48(44)50)36-21-19-35(20-22-36)37-25-29-47-43(31-37)41-15-7-9-17-45(41)49(47)39-13-5-2-6-14-39/h2-3,5-11,13,15-24,27,29,31-33,37,39-40,42,46H,1,4,12,14,25-26,28,30H2/t33?,37?,39?,40?,42-,46?/m1/s1. The zero-order chi connectivity index (χ0) is 33.0. The first-order chi connectivity index (χ1) is 24.8. The molecule has 2 heterocycles. The molecule has 3 aromatic rings. The topological polar surface area (TPSA) is 8.17 Å². The van der Waals surface area contributed by atoms with Crippen LogP contribution in [0.25, 0.3) is 28.6 Å². The molecular weight excluding hydrogens is 605 g/mol. The van der Waals surface area contributed by atoms with Crippen molar-refractivity contribution in [1.29, 1.82) is 0 Å². The number of hydrogen-bond acceptors (Lipinski definition) is 1. The zero-order valence-electron chi connectivity index (χ0n) is 28.9. The molecule has 1 aromatic heterocycles. The average molecular weight is 651 g/mol. The van der Waals surface area contributed by atoms with Crippen molar-refractivity contribution in [2.45, 2.75) is 75.4 Å². The van der Waals surface area contributed by atoms with Crippen molar-refractivity contribution in [2.24, 2.45) is 11.8 Å². The van der Waals surface area contributed by atoms with Crippen LogP contribution in [-0.2, 0) is 0 Å². The number of aromatic nitrogens is 1. The first kappa shape index (κ1) is 30.0. The van der Waals surface area contributed by atoms with E-state index < -0.39 is 0 Å². The maximum atomic E-state index is 2.78. The molecule has 0 spiro atoms. The molecule has 6 atom stereocenters. The van der Waals surface area contributed by atoms with E-state index in [0.717, 1.165) is 32.1 Å². The van der Waals surface area contributed by atoms with Crippen LogP contribution in [0, 0.1) is 11.8 Å². The summed E-state index contributed by atoms with van der Waals surface area (Å²) in [5.41, 5.74) is 10.3. The fourth-order valence-corrected chi connectivity index (χ4v) is 9.98. The summed E-state index contributed by atoms with van der Waals surface area (Å²) in [4.78, 5) is 2.78. The molecule has 10 rings (SSSR count). The summed E-state index contributed by atoms with van der Waals surface area (Å²) >= 11 is 0. The maximum Gasteiger partial charge on any atom is 0.0583 e. The first-order valence-electron chi connectivity index (χ1n) is 19.2. The Morgan fingerprint density at radius 1 is 0.700 bits per heavy atom. The molecule has 0 N–H and O–H groups in total. The van der Waals surface area contributed by atoms with E-state index in [1.165, 1.54) is 63.0 Å². The van der Waals surface area contributed by atoms with Gasteiger partial charge in [-0.3, -0.25) is 0 Å². The van der Waals surface area contributed by atoms with Gasteiger partial charge in [-0.25, -0.2) is 0 Å². The number of benzene rings is 2. The van der Waals surface area contributed by atoms with Gasteiger partial charge in [-0.05, 0) is 85.3 Å². The van der Waals surface area contributed by atoms with E-state index in [2.05, 4.69) is 155 Å². The molecular formula is C48H46N2. The second-order valence-corrected chi connectivity index (χ2v) is 15.2. The van der Waals surface area contributed by atoms with Gasteiger partial charge in [0, 0.05) is 44.9 Å². The number of fused-ring (bicyclic) bond motifs is 5. The summed E-state index contributed by atoms with van der Waals surface area (Å²) in [6, 6.07) is 19.8. The highest BCUT2D eigenvalue weighted by molar-refractivity contribution is 5.83. The third-order valence-corrected chi connectivity index (χ3v) is 12.5. The molecule has 0 saturated heterocycles. The van der Waals surface area contributed by atoms with E-state index in [0.29, 0.717) is 35.9 Å². The molecule has 248 valence electrons. The van der Waals surface area contributed by atoms with Crippen LogP contribution in [-0.4, -0.2) is 21.6 Å². The molecule has 0 bridgehead atoms. The summed E-state index contributed by atoms with van der Waals surface area (Å²) in [6.45, 7) is 0. The highest BCUT2D eigenvalue weighted by Crippen LogP contribution is 2.47. The summed E-state index contributed by atoms with van der Waals surface area (Å²) < 4.78 is 2.57. The number of nitrogens with zero attached hydrogens (tertiary/aromatic N) is 2. The summed E-state index contributed by atoms with van der Waals surface area (Å²) in [6.07, 6.45) is 47.6. The van der Waals surface area contributed by atoms with Crippen molar-refractivity contribution in [3.05, 3.63) is 172 Å². The highest BCUT2D eigenvalue weighted by Gasteiger charge is 2.41. The van der Waals surface area contributed by atoms with E-state index in [9.17, 15) is 0 Å². The zero-order valence-corrected chi connectivity index (χ0v) is 28.9. The van der Waals surface area contributed by atoms with Crippen molar-refractivity contribution in [3.8, 4) is 0 Å². The van der Waals surface area contributed by atoms with Crippen LogP contribution in [0.5, 0.6) is 0 Å². The molecule has 2 heteroatoms. The number of rotatable bonds is 5.